The van der Waals surface area contributed by atoms with Gasteiger partial charge in [-0.3, -0.25) is 4.79 Å². The van der Waals surface area contributed by atoms with Crippen LogP contribution in [0.4, 0.5) is 0 Å². The van der Waals surface area contributed by atoms with Gasteiger partial charge in [-0.15, -0.1) is 0 Å². The molecule has 1 aromatic rings. The number of phenolic OH excluding ortho intramolecular Hbond substituents is 1. The number of benzene rings is 1. The van der Waals surface area contributed by atoms with Gasteiger partial charge >= 0.3 is 5.97 Å². The summed E-state index contributed by atoms with van der Waals surface area (Å²) in [5.74, 6) is 0.0838. The molecule has 0 amide bonds. The lowest BCUT2D eigenvalue weighted by Crippen LogP contribution is -2.18. The Morgan fingerprint density at radius 1 is 1.12 bits per heavy atom. The monoisotopic (exact) mass is 382 g/mol. The van der Waals surface area contributed by atoms with Crippen LogP contribution in [0.5, 0.6) is 5.75 Å². The quantitative estimate of drug-likeness (QED) is 0.449. The zero-order valence-corrected chi connectivity index (χ0v) is 18.2. The molecule has 0 aliphatic rings. The summed E-state index contributed by atoms with van der Waals surface area (Å²) in [4.78, 5) is 12.1. The van der Waals surface area contributed by atoms with Crippen LogP contribution in [0.25, 0.3) is 0 Å². The Balaban J connectivity index is 2.95. The van der Waals surface area contributed by atoms with Crippen LogP contribution in [0.2, 0.25) is 0 Å². The van der Waals surface area contributed by atoms with Crippen molar-refractivity contribution in [1.29, 1.82) is 0 Å². The summed E-state index contributed by atoms with van der Waals surface area (Å²) < 4.78 is 5.27. The van der Waals surface area contributed by atoms with Gasteiger partial charge in [-0.1, -0.05) is 78.6 Å². The van der Waals surface area contributed by atoms with Gasteiger partial charge < -0.3 is 9.84 Å². The van der Waals surface area contributed by atoms with Gasteiger partial charge in [0.2, 0.25) is 0 Å². The Morgan fingerprint density at radius 3 is 2.04 bits per heavy atom. The molecule has 0 saturated heterocycles. The number of esters is 1. The van der Waals surface area contributed by atoms with Crippen molar-refractivity contribution in [3.63, 3.8) is 0 Å². The fourth-order valence-corrected chi connectivity index (χ4v) is 3.11. The number of unbranched alkanes of at least 4 members (excludes halogenated alkanes) is 1. The highest BCUT2D eigenvalue weighted by atomic mass is 35.5. The van der Waals surface area contributed by atoms with Crippen molar-refractivity contribution in [2.24, 2.45) is 0 Å². The lowest BCUT2D eigenvalue weighted by Gasteiger charge is -2.28. The van der Waals surface area contributed by atoms with Crippen LogP contribution < -0.4 is 0 Å². The van der Waals surface area contributed by atoms with E-state index in [1.54, 1.807) is 0 Å². The zero-order chi connectivity index (χ0) is 20.1. The number of aryl methyl sites for hydroxylation is 1. The second-order valence-corrected chi connectivity index (χ2v) is 9.57. The Bertz CT molecular complexity index is 574. The molecule has 1 N–H and O–H groups in total. The van der Waals surface area contributed by atoms with E-state index < -0.39 is 5.56 Å². The van der Waals surface area contributed by atoms with Gasteiger partial charge in [-0.25, -0.2) is 0 Å². The Hall–Kier alpha value is -1.22. The average Bonchev–Trinajstić information content (AvgIpc) is 2.49. The third-order valence-electron chi connectivity index (χ3n) is 4.45. The fourth-order valence-electron chi connectivity index (χ4n) is 2.85. The van der Waals surface area contributed by atoms with Gasteiger partial charge in [0.1, 0.15) is 5.75 Å². The van der Waals surface area contributed by atoms with Gasteiger partial charge in [0, 0.05) is 6.42 Å². The highest BCUT2D eigenvalue weighted by Crippen LogP contribution is 2.40. The normalized spacial score (nSPS) is 13.5. The van der Waals surface area contributed by atoms with Crippen LogP contribution in [0.1, 0.15) is 90.8 Å². The predicted octanol–water partition coefficient (Wildman–Crippen LogP) is 6.22. The van der Waals surface area contributed by atoms with Gasteiger partial charge in [-0.05, 0) is 46.8 Å². The maximum Gasteiger partial charge on any atom is 0.307 e. The van der Waals surface area contributed by atoms with Crippen LogP contribution in [-0.2, 0) is 26.8 Å². The number of carbonyl (C=O) groups excluding carboxylic acids is 1. The maximum atomic E-state index is 12.1. The van der Waals surface area contributed by atoms with Crippen LogP contribution in [0.3, 0.4) is 0 Å². The maximum absolute atomic E-state index is 12.1. The van der Waals surface area contributed by atoms with Crippen molar-refractivity contribution in [3.05, 3.63) is 28.8 Å². The molecule has 0 aromatic heterocycles. The molecule has 1 unspecified atom stereocenters. The molecule has 1 rings (SSSR count). The SMILES string of the molecule is CCCCC(Cl)OC(=O)CCc1cc(C(C)(C)C)c(O)c(C(C)(C)C)c1. The predicted molar refractivity (Wildman–Crippen MR) is 109 cm³/mol. The zero-order valence-electron chi connectivity index (χ0n) is 17.4. The number of ether oxygens (including phenoxy) is 1. The van der Waals surface area contributed by atoms with E-state index >= 15 is 0 Å². The molecule has 148 valence electrons. The van der Waals surface area contributed by atoms with E-state index in [0.29, 0.717) is 18.6 Å². The third kappa shape index (κ3) is 6.83. The minimum absolute atomic E-state index is 0.179. The topological polar surface area (TPSA) is 46.5 Å². The summed E-state index contributed by atoms with van der Waals surface area (Å²) in [6.07, 6.45) is 3.52. The van der Waals surface area contributed by atoms with Crippen molar-refractivity contribution in [2.75, 3.05) is 0 Å². The van der Waals surface area contributed by atoms with Crippen molar-refractivity contribution in [1.82, 2.24) is 0 Å². The van der Waals surface area contributed by atoms with Crippen molar-refractivity contribution < 1.29 is 14.6 Å². The van der Waals surface area contributed by atoms with E-state index in [9.17, 15) is 9.90 Å². The lowest BCUT2D eigenvalue weighted by molar-refractivity contribution is -0.145. The number of phenols is 1. The number of carbonyl (C=O) groups is 1. The first-order chi connectivity index (χ1) is 11.9. The van der Waals surface area contributed by atoms with Gasteiger partial charge in [0.15, 0.2) is 5.56 Å². The molecule has 0 fully saturated rings. The molecule has 0 aliphatic heterocycles. The summed E-state index contributed by atoms with van der Waals surface area (Å²) >= 11 is 6.05. The molecule has 26 heavy (non-hydrogen) atoms. The third-order valence-corrected chi connectivity index (χ3v) is 4.75. The number of rotatable bonds is 7. The fraction of sp³-hybridized carbons (Fsp3) is 0.682. The molecule has 3 nitrogen and oxygen atoms in total. The molecule has 0 radical (unpaired) electrons. The van der Waals surface area contributed by atoms with Gasteiger partial charge in [0.25, 0.3) is 0 Å². The summed E-state index contributed by atoms with van der Waals surface area (Å²) in [7, 11) is 0. The van der Waals surface area contributed by atoms with E-state index in [4.69, 9.17) is 16.3 Å². The highest BCUT2D eigenvalue weighted by molar-refractivity contribution is 6.20. The Morgan fingerprint density at radius 2 is 1.62 bits per heavy atom. The Labute approximate surface area is 164 Å². The molecule has 0 aliphatic carbocycles. The molecule has 1 aromatic carbocycles. The molecule has 0 spiro atoms. The minimum Gasteiger partial charge on any atom is -0.507 e. The second-order valence-electron chi connectivity index (χ2n) is 9.08. The molecule has 0 saturated carbocycles. The molecule has 4 heteroatoms. The highest BCUT2D eigenvalue weighted by Gasteiger charge is 2.26. The van der Waals surface area contributed by atoms with Crippen molar-refractivity contribution in [2.45, 2.75) is 97.0 Å². The molecule has 0 heterocycles. The molecular formula is C22H35ClO3. The first-order valence-corrected chi connectivity index (χ1v) is 10.00. The van der Waals surface area contributed by atoms with Crippen LogP contribution in [0.15, 0.2) is 12.1 Å². The standard InChI is InChI=1S/C22H35ClO3/c1-8-9-10-18(23)26-19(24)12-11-15-13-16(21(2,3)4)20(25)17(14-15)22(5,6)7/h13-14,18,25H,8-12H2,1-7H3. The average molecular weight is 383 g/mol. The number of aromatic hydroxyl groups is 1. The smallest absolute Gasteiger partial charge is 0.307 e. The van der Waals surface area contributed by atoms with Gasteiger partial charge in [0.05, 0.1) is 0 Å². The van der Waals surface area contributed by atoms with Gasteiger partial charge in [-0.2, -0.15) is 0 Å². The van der Waals surface area contributed by atoms with Crippen molar-refractivity contribution >= 4 is 17.6 Å². The summed E-state index contributed by atoms with van der Waals surface area (Å²) in [6.45, 7) is 14.6. The molecule has 0 bridgehead atoms. The molecule has 1 atom stereocenters. The van der Waals surface area contributed by atoms with E-state index in [1.807, 2.05) is 12.1 Å². The lowest BCUT2D eigenvalue weighted by atomic mass is 9.78. The van der Waals surface area contributed by atoms with E-state index in [1.165, 1.54) is 0 Å². The van der Waals surface area contributed by atoms with E-state index in [-0.39, 0.29) is 23.2 Å². The second kappa shape index (κ2) is 9.12. The Kier molecular flexibility index (Phi) is 8.01. The summed E-state index contributed by atoms with van der Waals surface area (Å²) in [5, 5.41) is 10.8. The van der Waals surface area contributed by atoms with Crippen LogP contribution in [0, 0.1) is 0 Å². The number of alkyl halides is 1. The first kappa shape index (κ1) is 22.8. The van der Waals surface area contributed by atoms with E-state index in [0.717, 1.165) is 29.5 Å². The van der Waals surface area contributed by atoms with Crippen LogP contribution >= 0.6 is 11.6 Å². The molecular weight excluding hydrogens is 348 g/mol. The van der Waals surface area contributed by atoms with Crippen molar-refractivity contribution in [3.8, 4) is 5.75 Å². The van der Waals surface area contributed by atoms with Crippen LogP contribution in [-0.4, -0.2) is 16.6 Å². The summed E-state index contributed by atoms with van der Waals surface area (Å²) in [5.41, 5.74) is 1.95. The minimum atomic E-state index is -0.544. The largest absolute Gasteiger partial charge is 0.507 e. The summed E-state index contributed by atoms with van der Waals surface area (Å²) in [6, 6.07) is 4.01. The number of hydrogen-bond acceptors (Lipinski definition) is 3. The number of hydrogen-bond donors (Lipinski definition) is 1. The van der Waals surface area contributed by atoms with E-state index in [2.05, 4.69) is 48.5 Å². The number of halogens is 1. The first-order valence-electron chi connectivity index (χ1n) is 9.56.